The molecule has 0 N–H and O–H groups in total. The zero-order valence-corrected chi connectivity index (χ0v) is 8.42. The Balaban J connectivity index is 2.12. The first-order chi connectivity index (χ1) is 6.86. The van der Waals surface area contributed by atoms with Gasteiger partial charge in [0.2, 0.25) is 0 Å². The lowest BCUT2D eigenvalue weighted by atomic mass is 10.1. The lowest BCUT2D eigenvalue weighted by molar-refractivity contribution is 0.152. The van der Waals surface area contributed by atoms with Gasteiger partial charge in [-0.05, 0) is 31.4 Å². The average Bonchev–Trinajstić information content (AvgIpc) is 2.69. The first-order valence-electron chi connectivity index (χ1n) is 5.05. The third-order valence-electron chi connectivity index (χ3n) is 2.44. The molecule has 1 atom stereocenters. The summed E-state index contributed by atoms with van der Waals surface area (Å²) in [6, 6.07) is 8.19. The van der Waals surface area contributed by atoms with E-state index in [0.29, 0.717) is 0 Å². The topological polar surface area (TPSA) is 9.23 Å². The zero-order chi connectivity index (χ0) is 9.80. The number of ether oxygens (including phenoxy) is 1. The summed E-state index contributed by atoms with van der Waals surface area (Å²) in [5, 5.41) is 0. The molecule has 1 heteroatoms. The molecule has 14 heavy (non-hydrogen) atoms. The van der Waals surface area contributed by atoms with E-state index in [1.165, 1.54) is 5.56 Å². The van der Waals surface area contributed by atoms with Crippen molar-refractivity contribution in [2.45, 2.75) is 25.9 Å². The standard InChI is InChI=1S/C13H14O/c1-11-5-2-3-6-12(11)8-9-13-7-4-10-14-13/h2-3,5-6,13H,4,7,10H2,1H3. The second-order valence-corrected chi connectivity index (χ2v) is 3.59. The van der Waals surface area contributed by atoms with Gasteiger partial charge in [-0.2, -0.15) is 0 Å². The number of benzene rings is 1. The number of rotatable bonds is 0. The SMILES string of the molecule is Cc1ccccc1C#CC1CCCO1. The lowest BCUT2D eigenvalue weighted by Crippen LogP contribution is -1.99. The van der Waals surface area contributed by atoms with E-state index in [1.54, 1.807) is 0 Å². The van der Waals surface area contributed by atoms with Crippen LogP contribution in [-0.2, 0) is 4.74 Å². The minimum atomic E-state index is 0.162. The predicted molar refractivity (Wildman–Crippen MR) is 57.0 cm³/mol. The van der Waals surface area contributed by atoms with Crippen LogP contribution in [0.15, 0.2) is 24.3 Å². The van der Waals surface area contributed by atoms with Gasteiger partial charge >= 0.3 is 0 Å². The molecular formula is C13H14O. The molecule has 1 heterocycles. The van der Waals surface area contributed by atoms with Gasteiger partial charge in [0.1, 0.15) is 6.10 Å². The van der Waals surface area contributed by atoms with Crippen LogP contribution in [-0.4, -0.2) is 12.7 Å². The Bertz CT molecular complexity index is 364. The third kappa shape index (κ3) is 2.16. The van der Waals surface area contributed by atoms with Crippen molar-refractivity contribution in [2.75, 3.05) is 6.61 Å². The van der Waals surface area contributed by atoms with Gasteiger partial charge < -0.3 is 4.74 Å². The number of hydrogen-bond donors (Lipinski definition) is 0. The van der Waals surface area contributed by atoms with Crippen LogP contribution in [0.3, 0.4) is 0 Å². The van der Waals surface area contributed by atoms with Gasteiger partial charge in [0.25, 0.3) is 0 Å². The van der Waals surface area contributed by atoms with E-state index in [1.807, 2.05) is 12.1 Å². The zero-order valence-electron chi connectivity index (χ0n) is 8.42. The Morgan fingerprint density at radius 3 is 2.93 bits per heavy atom. The Hall–Kier alpha value is -1.26. The van der Waals surface area contributed by atoms with Crippen molar-refractivity contribution in [1.29, 1.82) is 0 Å². The van der Waals surface area contributed by atoms with Gasteiger partial charge in [-0.25, -0.2) is 0 Å². The highest BCUT2D eigenvalue weighted by atomic mass is 16.5. The summed E-state index contributed by atoms with van der Waals surface area (Å²) in [5.74, 6) is 6.35. The fourth-order valence-electron chi connectivity index (χ4n) is 1.56. The molecule has 1 fully saturated rings. The van der Waals surface area contributed by atoms with E-state index < -0.39 is 0 Å². The average molecular weight is 186 g/mol. The Morgan fingerprint density at radius 1 is 1.36 bits per heavy atom. The third-order valence-corrected chi connectivity index (χ3v) is 2.44. The molecule has 1 aromatic rings. The minimum Gasteiger partial charge on any atom is -0.366 e. The molecule has 0 aromatic heterocycles. The summed E-state index contributed by atoms with van der Waals surface area (Å²) in [4.78, 5) is 0. The Labute approximate surface area is 85.1 Å². The first kappa shape index (κ1) is 9.30. The van der Waals surface area contributed by atoms with Crippen LogP contribution < -0.4 is 0 Å². The van der Waals surface area contributed by atoms with E-state index >= 15 is 0 Å². The normalized spacial score (nSPS) is 20.2. The van der Waals surface area contributed by atoms with Crippen LogP contribution in [0.2, 0.25) is 0 Å². The molecule has 1 saturated heterocycles. The summed E-state index contributed by atoms with van der Waals surface area (Å²) < 4.78 is 5.44. The lowest BCUT2D eigenvalue weighted by Gasteiger charge is -1.98. The van der Waals surface area contributed by atoms with Crippen molar-refractivity contribution in [3.63, 3.8) is 0 Å². The summed E-state index contributed by atoms with van der Waals surface area (Å²) in [6.45, 7) is 2.95. The van der Waals surface area contributed by atoms with E-state index in [-0.39, 0.29) is 6.10 Å². The maximum atomic E-state index is 5.44. The van der Waals surface area contributed by atoms with Gasteiger partial charge in [0.05, 0.1) is 0 Å². The number of aryl methyl sites for hydroxylation is 1. The van der Waals surface area contributed by atoms with Crippen LogP contribution in [0.1, 0.15) is 24.0 Å². The van der Waals surface area contributed by atoms with Gasteiger partial charge in [0.15, 0.2) is 0 Å². The first-order valence-corrected chi connectivity index (χ1v) is 5.05. The molecule has 72 valence electrons. The fourth-order valence-corrected chi connectivity index (χ4v) is 1.56. The summed E-state index contributed by atoms with van der Waals surface area (Å²) >= 11 is 0. The molecule has 0 aliphatic carbocycles. The quantitative estimate of drug-likeness (QED) is 0.566. The summed E-state index contributed by atoms with van der Waals surface area (Å²) in [5.41, 5.74) is 2.35. The van der Waals surface area contributed by atoms with Crippen molar-refractivity contribution in [2.24, 2.45) is 0 Å². The van der Waals surface area contributed by atoms with Gasteiger partial charge in [-0.15, -0.1) is 0 Å². The largest absolute Gasteiger partial charge is 0.366 e. The fraction of sp³-hybridized carbons (Fsp3) is 0.385. The highest BCUT2D eigenvalue weighted by Gasteiger charge is 2.11. The van der Waals surface area contributed by atoms with E-state index in [9.17, 15) is 0 Å². The minimum absolute atomic E-state index is 0.162. The van der Waals surface area contributed by atoms with Gasteiger partial charge in [0, 0.05) is 12.2 Å². The van der Waals surface area contributed by atoms with E-state index in [2.05, 4.69) is 30.9 Å². The maximum Gasteiger partial charge on any atom is 0.118 e. The molecule has 1 unspecified atom stereocenters. The molecule has 0 spiro atoms. The van der Waals surface area contributed by atoms with Crippen LogP contribution >= 0.6 is 0 Å². The Morgan fingerprint density at radius 2 is 2.21 bits per heavy atom. The molecule has 2 rings (SSSR count). The predicted octanol–water partition coefficient (Wildman–Crippen LogP) is 2.53. The van der Waals surface area contributed by atoms with Crippen LogP contribution in [0.4, 0.5) is 0 Å². The summed E-state index contributed by atoms with van der Waals surface area (Å²) in [7, 11) is 0. The molecule has 1 aromatic carbocycles. The van der Waals surface area contributed by atoms with Crippen molar-refractivity contribution in [3.8, 4) is 11.8 Å². The highest BCUT2D eigenvalue weighted by Crippen LogP contribution is 2.11. The van der Waals surface area contributed by atoms with Gasteiger partial charge in [-0.1, -0.05) is 30.0 Å². The Kier molecular flexibility index (Phi) is 2.86. The van der Waals surface area contributed by atoms with Crippen molar-refractivity contribution < 1.29 is 4.74 Å². The molecule has 1 nitrogen and oxygen atoms in total. The van der Waals surface area contributed by atoms with E-state index in [4.69, 9.17) is 4.74 Å². The molecule has 0 radical (unpaired) electrons. The second kappa shape index (κ2) is 4.30. The van der Waals surface area contributed by atoms with E-state index in [0.717, 1.165) is 25.0 Å². The molecule has 1 aliphatic heterocycles. The molecular weight excluding hydrogens is 172 g/mol. The summed E-state index contributed by atoms with van der Waals surface area (Å²) in [6.07, 6.45) is 2.39. The molecule has 0 saturated carbocycles. The second-order valence-electron chi connectivity index (χ2n) is 3.59. The van der Waals surface area contributed by atoms with Gasteiger partial charge in [-0.3, -0.25) is 0 Å². The van der Waals surface area contributed by atoms with Crippen molar-refractivity contribution in [3.05, 3.63) is 35.4 Å². The smallest absolute Gasteiger partial charge is 0.118 e. The monoisotopic (exact) mass is 186 g/mol. The molecule has 1 aliphatic rings. The van der Waals surface area contributed by atoms with Crippen LogP contribution in [0.5, 0.6) is 0 Å². The van der Waals surface area contributed by atoms with Crippen LogP contribution in [0, 0.1) is 18.8 Å². The van der Waals surface area contributed by atoms with Crippen molar-refractivity contribution >= 4 is 0 Å². The maximum absolute atomic E-state index is 5.44. The highest BCUT2D eigenvalue weighted by molar-refractivity contribution is 5.40. The number of hydrogen-bond acceptors (Lipinski definition) is 1. The van der Waals surface area contributed by atoms with Crippen molar-refractivity contribution in [1.82, 2.24) is 0 Å². The molecule has 0 amide bonds. The molecule has 0 bridgehead atoms. The van der Waals surface area contributed by atoms with Crippen LogP contribution in [0.25, 0.3) is 0 Å².